The van der Waals surface area contributed by atoms with Gasteiger partial charge in [0.25, 0.3) is 0 Å². The first-order valence-corrected chi connectivity index (χ1v) is 9.13. The minimum absolute atomic E-state index is 0.00282. The minimum Gasteiger partial charge on any atom is -0.493 e. The highest BCUT2D eigenvalue weighted by atomic mass is 16.5. The van der Waals surface area contributed by atoms with Crippen LogP contribution in [0.15, 0.2) is 60.7 Å². The van der Waals surface area contributed by atoms with E-state index in [-0.39, 0.29) is 11.9 Å². The fourth-order valence-corrected chi connectivity index (χ4v) is 3.01. The number of rotatable bonds is 8. The zero-order valence-electron chi connectivity index (χ0n) is 15.0. The molecule has 1 fully saturated rings. The molecular formula is C21H26N2O3. The molecular weight excluding hydrogens is 328 g/mol. The van der Waals surface area contributed by atoms with E-state index in [1.165, 1.54) is 0 Å². The normalized spacial score (nSPS) is 16.0. The fourth-order valence-electron chi connectivity index (χ4n) is 3.01. The van der Waals surface area contributed by atoms with Crippen LogP contribution in [-0.4, -0.2) is 50.3 Å². The highest BCUT2D eigenvalue weighted by molar-refractivity contribution is 5.76. The Labute approximate surface area is 154 Å². The molecule has 1 aliphatic rings. The van der Waals surface area contributed by atoms with Crippen LogP contribution in [-0.2, 0) is 9.53 Å². The molecule has 1 N–H and O–H groups in total. The van der Waals surface area contributed by atoms with E-state index in [1.807, 2.05) is 48.5 Å². The van der Waals surface area contributed by atoms with Crippen LogP contribution in [0.5, 0.6) is 5.75 Å². The van der Waals surface area contributed by atoms with Gasteiger partial charge in [0, 0.05) is 19.6 Å². The average molecular weight is 354 g/mol. The van der Waals surface area contributed by atoms with E-state index < -0.39 is 0 Å². The Balaban J connectivity index is 1.53. The van der Waals surface area contributed by atoms with Crippen molar-refractivity contribution in [2.45, 2.75) is 12.5 Å². The number of ether oxygens (including phenoxy) is 2. The predicted octanol–water partition coefficient (Wildman–Crippen LogP) is 2.65. The lowest BCUT2D eigenvalue weighted by atomic mass is 10.1. The molecule has 138 valence electrons. The second kappa shape index (κ2) is 9.94. The van der Waals surface area contributed by atoms with Crippen molar-refractivity contribution in [2.24, 2.45) is 0 Å². The number of morpholine rings is 1. The highest BCUT2D eigenvalue weighted by Gasteiger charge is 2.20. The van der Waals surface area contributed by atoms with Crippen molar-refractivity contribution in [2.75, 3.05) is 39.5 Å². The minimum atomic E-state index is -0.0291. The summed E-state index contributed by atoms with van der Waals surface area (Å²) in [6.07, 6.45) is 0.335. The SMILES string of the molecule is O=C(CCOc1ccccc1)NC(CN1CCOCC1)c1ccccc1. The molecule has 1 amide bonds. The summed E-state index contributed by atoms with van der Waals surface area (Å²) in [4.78, 5) is 14.8. The van der Waals surface area contributed by atoms with Crippen molar-refractivity contribution in [1.29, 1.82) is 0 Å². The largest absolute Gasteiger partial charge is 0.493 e. The molecule has 1 saturated heterocycles. The first-order chi connectivity index (χ1) is 12.8. The monoisotopic (exact) mass is 354 g/mol. The summed E-state index contributed by atoms with van der Waals surface area (Å²) in [7, 11) is 0. The quantitative estimate of drug-likeness (QED) is 0.792. The van der Waals surface area contributed by atoms with E-state index in [4.69, 9.17) is 9.47 Å². The summed E-state index contributed by atoms with van der Waals surface area (Å²) >= 11 is 0. The summed E-state index contributed by atoms with van der Waals surface area (Å²) in [5.74, 6) is 0.788. The number of amides is 1. The maximum atomic E-state index is 12.4. The number of benzene rings is 2. The summed E-state index contributed by atoms with van der Waals surface area (Å²) in [5.41, 5.74) is 1.12. The van der Waals surface area contributed by atoms with Crippen LogP contribution in [0.1, 0.15) is 18.0 Å². The molecule has 5 heteroatoms. The molecule has 0 bridgehead atoms. The van der Waals surface area contributed by atoms with Gasteiger partial charge in [0.15, 0.2) is 0 Å². The van der Waals surface area contributed by atoms with Crippen LogP contribution in [0.4, 0.5) is 0 Å². The number of carbonyl (C=O) groups excluding carboxylic acids is 1. The van der Waals surface area contributed by atoms with E-state index in [0.29, 0.717) is 13.0 Å². The second-order valence-electron chi connectivity index (χ2n) is 6.36. The van der Waals surface area contributed by atoms with Crippen LogP contribution in [0.2, 0.25) is 0 Å². The number of nitrogens with zero attached hydrogens (tertiary/aromatic N) is 1. The van der Waals surface area contributed by atoms with Crippen LogP contribution >= 0.6 is 0 Å². The van der Waals surface area contributed by atoms with Crippen LogP contribution in [0, 0.1) is 0 Å². The molecule has 5 nitrogen and oxygen atoms in total. The zero-order valence-corrected chi connectivity index (χ0v) is 15.0. The zero-order chi connectivity index (χ0) is 18.0. The Hall–Kier alpha value is -2.37. The van der Waals surface area contributed by atoms with Gasteiger partial charge in [0.05, 0.1) is 32.3 Å². The molecule has 1 unspecified atom stereocenters. The Bertz CT molecular complexity index is 657. The first kappa shape index (κ1) is 18.4. The molecule has 3 rings (SSSR count). The van der Waals surface area contributed by atoms with Crippen molar-refractivity contribution >= 4 is 5.91 Å². The summed E-state index contributed by atoms with van der Waals surface area (Å²) in [6, 6.07) is 19.7. The fraction of sp³-hybridized carbons (Fsp3) is 0.381. The highest BCUT2D eigenvalue weighted by Crippen LogP contribution is 2.16. The van der Waals surface area contributed by atoms with Gasteiger partial charge < -0.3 is 14.8 Å². The van der Waals surface area contributed by atoms with Gasteiger partial charge in [-0.3, -0.25) is 9.69 Å². The maximum Gasteiger partial charge on any atom is 0.223 e. The number of para-hydroxylation sites is 1. The summed E-state index contributed by atoms with van der Waals surface area (Å²) in [6.45, 7) is 4.46. The van der Waals surface area contributed by atoms with Gasteiger partial charge in [-0.05, 0) is 17.7 Å². The lowest BCUT2D eigenvalue weighted by Gasteiger charge is -2.31. The molecule has 1 aliphatic heterocycles. The molecule has 0 radical (unpaired) electrons. The van der Waals surface area contributed by atoms with E-state index >= 15 is 0 Å². The van der Waals surface area contributed by atoms with Crippen LogP contribution in [0.25, 0.3) is 0 Å². The predicted molar refractivity (Wildman–Crippen MR) is 101 cm³/mol. The van der Waals surface area contributed by atoms with Crippen LogP contribution < -0.4 is 10.1 Å². The molecule has 0 aromatic heterocycles. The molecule has 0 spiro atoms. The van der Waals surface area contributed by atoms with Gasteiger partial charge in [-0.2, -0.15) is 0 Å². The topological polar surface area (TPSA) is 50.8 Å². The molecule has 2 aromatic carbocycles. The molecule has 0 saturated carbocycles. The third-order valence-corrected chi connectivity index (χ3v) is 4.42. The molecule has 26 heavy (non-hydrogen) atoms. The number of hydrogen-bond donors (Lipinski definition) is 1. The molecule has 1 atom stereocenters. The van der Waals surface area contributed by atoms with Gasteiger partial charge in [-0.15, -0.1) is 0 Å². The standard InChI is InChI=1S/C21H26N2O3/c24-21(11-14-26-19-9-5-2-6-10-19)22-20(18-7-3-1-4-8-18)17-23-12-15-25-16-13-23/h1-10,20H,11-17H2,(H,22,24). The van der Waals surface area contributed by atoms with Crippen molar-refractivity contribution in [3.63, 3.8) is 0 Å². The average Bonchev–Trinajstić information content (AvgIpc) is 2.70. The Morgan fingerprint density at radius 1 is 1.04 bits per heavy atom. The molecule has 0 aliphatic carbocycles. The van der Waals surface area contributed by atoms with E-state index in [1.54, 1.807) is 0 Å². The van der Waals surface area contributed by atoms with E-state index in [9.17, 15) is 4.79 Å². The number of carbonyl (C=O) groups is 1. The Morgan fingerprint density at radius 2 is 1.69 bits per heavy atom. The second-order valence-corrected chi connectivity index (χ2v) is 6.36. The smallest absolute Gasteiger partial charge is 0.223 e. The van der Waals surface area contributed by atoms with Gasteiger partial charge in [0.1, 0.15) is 5.75 Å². The van der Waals surface area contributed by atoms with Crippen molar-refractivity contribution < 1.29 is 14.3 Å². The third-order valence-electron chi connectivity index (χ3n) is 4.42. The van der Waals surface area contributed by atoms with Gasteiger partial charge in [0.2, 0.25) is 5.91 Å². The Morgan fingerprint density at radius 3 is 2.38 bits per heavy atom. The van der Waals surface area contributed by atoms with E-state index in [0.717, 1.165) is 44.2 Å². The van der Waals surface area contributed by atoms with E-state index in [2.05, 4.69) is 22.3 Å². The Kier molecular flexibility index (Phi) is 7.05. The molecule has 2 aromatic rings. The third kappa shape index (κ3) is 5.86. The van der Waals surface area contributed by atoms with Crippen molar-refractivity contribution in [1.82, 2.24) is 10.2 Å². The van der Waals surface area contributed by atoms with Crippen molar-refractivity contribution in [3.05, 3.63) is 66.2 Å². The van der Waals surface area contributed by atoms with Crippen molar-refractivity contribution in [3.8, 4) is 5.75 Å². The van der Waals surface area contributed by atoms with Gasteiger partial charge in [-0.1, -0.05) is 48.5 Å². The molecule has 1 heterocycles. The lowest BCUT2D eigenvalue weighted by molar-refractivity contribution is -0.122. The maximum absolute atomic E-state index is 12.4. The van der Waals surface area contributed by atoms with Crippen LogP contribution in [0.3, 0.4) is 0 Å². The summed E-state index contributed by atoms with van der Waals surface area (Å²) < 4.78 is 11.0. The lowest BCUT2D eigenvalue weighted by Crippen LogP contribution is -2.43. The summed E-state index contributed by atoms with van der Waals surface area (Å²) in [5, 5.41) is 3.17. The first-order valence-electron chi connectivity index (χ1n) is 9.13. The number of nitrogens with one attached hydrogen (secondary N) is 1. The van der Waals surface area contributed by atoms with Gasteiger partial charge >= 0.3 is 0 Å². The number of hydrogen-bond acceptors (Lipinski definition) is 4. The van der Waals surface area contributed by atoms with Gasteiger partial charge in [-0.25, -0.2) is 0 Å².